The van der Waals surface area contributed by atoms with E-state index in [9.17, 15) is 0 Å². The number of halogens is 2. The zero-order valence-electron chi connectivity index (χ0n) is 11.9. The first kappa shape index (κ1) is 16.5. The fraction of sp³-hybridized carbons (Fsp3) is 0.333. The first-order valence-electron chi connectivity index (χ1n) is 6.49. The molecule has 0 aliphatic carbocycles. The van der Waals surface area contributed by atoms with Crippen LogP contribution >= 0.6 is 31.9 Å². The largest absolute Gasteiger partial charge is 0.490 e. The maximum atomic E-state index is 5.63. The van der Waals surface area contributed by atoms with E-state index in [2.05, 4.69) is 37.2 Å². The van der Waals surface area contributed by atoms with Crippen LogP contribution in [0.1, 0.15) is 17.4 Å². The van der Waals surface area contributed by atoms with Gasteiger partial charge in [0.1, 0.15) is 18.1 Å². The zero-order valence-corrected chi connectivity index (χ0v) is 15.0. The lowest BCUT2D eigenvalue weighted by Crippen LogP contribution is -2.17. The molecule has 0 saturated carbocycles. The summed E-state index contributed by atoms with van der Waals surface area (Å²) in [6.07, 6.45) is 0. The van der Waals surface area contributed by atoms with E-state index in [4.69, 9.17) is 13.9 Å². The highest BCUT2D eigenvalue weighted by Gasteiger charge is 2.17. The fourth-order valence-electron chi connectivity index (χ4n) is 2.01. The first-order valence-corrected chi connectivity index (χ1v) is 8.08. The van der Waals surface area contributed by atoms with Gasteiger partial charge in [-0.2, -0.15) is 0 Å². The molecule has 0 radical (unpaired) electrons. The highest BCUT2D eigenvalue weighted by Crippen LogP contribution is 2.32. The van der Waals surface area contributed by atoms with Crippen LogP contribution in [-0.4, -0.2) is 27.4 Å². The molecule has 21 heavy (non-hydrogen) atoms. The molecule has 1 heterocycles. The van der Waals surface area contributed by atoms with Crippen LogP contribution in [0.25, 0.3) is 0 Å². The van der Waals surface area contributed by atoms with Gasteiger partial charge < -0.3 is 19.2 Å². The van der Waals surface area contributed by atoms with Gasteiger partial charge in [0.15, 0.2) is 4.67 Å². The summed E-state index contributed by atoms with van der Waals surface area (Å²) in [5.41, 5.74) is 1.09. The van der Waals surface area contributed by atoms with Gasteiger partial charge in [-0.25, -0.2) is 0 Å². The number of benzene rings is 1. The molecule has 6 heteroatoms. The molecule has 114 valence electrons. The molecule has 4 nitrogen and oxygen atoms in total. The summed E-state index contributed by atoms with van der Waals surface area (Å²) in [4.78, 5) is 0. The van der Waals surface area contributed by atoms with Crippen molar-refractivity contribution >= 4 is 31.9 Å². The predicted molar refractivity (Wildman–Crippen MR) is 88.8 cm³/mol. The minimum absolute atomic E-state index is 0.0133. The number of hydrogen-bond donors (Lipinski definition) is 1. The van der Waals surface area contributed by atoms with Crippen molar-refractivity contribution in [3.63, 3.8) is 0 Å². The van der Waals surface area contributed by atoms with E-state index in [-0.39, 0.29) is 6.04 Å². The summed E-state index contributed by atoms with van der Waals surface area (Å²) in [5, 5.41) is 3.25. The Bertz CT molecular complexity index is 586. The van der Waals surface area contributed by atoms with E-state index >= 15 is 0 Å². The van der Waals surface area contributed by atoms with Gasteiger partial charge in [-0.05, 0) is 68.7 Å². The number of furan rings is 1. The highest BCUT2D eigenvalue weighted by atomic mass is 79.9. The Hall–Kier alpha value is -0.820. The summed E-state index contributed by atoms with van der Waals surface area (Å²) in [7, 11) is 3.55. The van der Waals surface area contributed by atoms with Gasteiger partial charge in [0, 0.05) is 7.11 Å². The van der Waals surface area contributed by atoms with Crippen LogP contribution in [-0.2, 0) is 4.74 Å². The van der Waals surface area contributed by atoms with Gasteiger partial charge in [-0.3, -0.25) is 0 Å². The van der Waals surface area contributed by atoms with Crippen molar-refractivity contribution in [3.8, 4) is 5.75 Å². The lowest BCUT2D eigenvalue weighted by Gasteiger charge is -2.16. The molecule has 0 spiro atoms. The standard InChI is InChI=1S/C15H17Br2NO3/c1-18-15(13-5-6-14(17)21-13)10-3-4-12(11(16)9-10)20-8-7-19-2/h3-6,9,15,18H,7-8H2,1-2H3. The van der Waals surface area contributed by atoms with Crippen LogP contribution < -0.4 is 10.1 Å². The van der Waals surface area contributed by atoms with E-state index in [1.54, 1.807) is 7.11 Å². The molecule has 2 aromatic rings. The Balaban J connectivity index is 2.17. The van der Waals surface area contributed by atoms with Gasteiger partial charge in [-0.1, -0.05) is 6.07 Å². The third kappa shape index (κ3) is 4.32. The number of nitrogens with one attached hydrogen (secondary N) is 1. The topological polar surface area (TPSA) is 43.6 Å². The van der Waals surface area contributed by atoms with Crippen LogP contribution in [0.3, 0.4) is 0 Å². The molecule has 0 aliphatic rings. The molecular formula is C15H17Br2NO3. The summed E-state index contributed by atoms with van der Waals surface area (Å²) in [6.45, 7) is 1.09. The zero-order chi connectivity index (χ0) is 15.2. The molecule has 0 bridgehead atoms. The van der Waals surface area contributed by atoms with Gasteiger partial charge in [0.25, 0.3) is 0 Å². The van der Waals surface area contributed by atoms with Gasteiger partial charge in [0.2, 0.25) is 0 Å². The Morgan fingerprint density at radius 2 is 2.00 bits per heavy atom. The SMILES string of the molecule is CNC(c1ccc(OCCOC)c(Br)c1)c1ccc(Br)o1. The van der Waals surface area contributed by atoms with E-state index in [1.165, 1.54) is 0 Å². The van der Waals surface area contributed by atoms with Crippen molar-refractivity contribution in [2.24, 2.45) is 0 Å². The number of ether oxygens (including phenoxy) is 2. The minimum Gasteiger partial charge on any atom is -0.490 e. The lowest BCUT2D eigenvalue weighted by atomic mass is 10.0. The summed E-state index contributed by atoms with van der Waals surface area (Å²) < 4.78 is 17.9. The van der Waals surface area contributed by atoms with E-state index < -0.39 is 0 Å². The average molecular weight is 419 g/mol. The molecule has 0 fully saturated rings. The van der Waals surface area contributed by atoms with E-state index in [1.807, 2.05) is 37.4 Å². The second-order valence-corrected chi connectivity index (χ2v) is 6.03. The monoisotopic (exact) mass is 417 g/mol. The first-order chi connectivity index (χ1) is 10.2. The van der Waals surface area contributed by atoms with Crippen LogP contribution in [0, 0.1) is 0 Å². The lowest BCUT2D eigenvalue weighted by molar-refractivity contribution is 0.146. The molecule has 1 N–H and O–H groups in total. The minimum atomic E-state index is -0.0133. The van der Waals surface area contributed by atoms with Crippen LogP contribution in [0.5, 0.6) is 5.75 Å². The van der Waals surface area contributed by atoms with Crippen molar-refractivity contribution in [2.45, 2.75) is 6.04 Å². The highest BCUT2D eigenvalue weighted by molar-refractivity contribution is 9.10. The van der Waals surface area contributed by atoms with Crippen molar-refractivity contribution in [3.05, 3.63) is 50.8 Å². The number of hydrogen-bond acceptors (Lipinski definition) is 4. The van der Waals surface area contributed by atoms with Crippen molar-refractivity contribution in [1.82, 2.24) is 5.32 Å². The van der Waals surface area contributed by atoms with E-state index in [0.29, 0.717) is 13.2 Å². The maximum absolute atomic E-state index is 5.63. The van der Waals surface area contributed by atoms with Gasteiger partial charge in [-0.15, -0.1) is 0 Å². The number of methoxy groups -OCH3 is 1. The molecule has 0 aliphatic heterocycles. The van der Waals surface area contributed by atoms with Crippen LogP contribution in [0.2, 0.25) is 0 Å². The summed E-state index contributed by atoms with van der Waals surface area (Å²) >= 11 is 6.87. The Morgan fingerprint density at radius 1 is 1.19 bits per heavy atom. The quantitative estimate of drug-likeness (QED) is 0.686. The van der Waals surface area contributed by atoms with Crippen molar-refractivity contribution in [2.75, 3.05) is 27.4 Å². The third-order valence-electron chi connectivity index (χ3n) is 3.00. The Kier molecular flexibility index (Phi) is 6.29. The molecule has 1 aromatic carbocycles. The second kappa shape index (κ2) is 7.98. The molecule has 2 rings (SSSR count). The third-order valence-corrected chi connectivity index (χ3v) is 4.05. The Morgan fingerprint density at radius 3 is 2.57 bits per heavy atom. The average Bonchev–Trinajstić information content (AvgIpc) is 2.88. The molecule has 1 aromatic heterocycles. The smallest absolute Gasteiger partial charge is 0.169 e. The van der Waals surface area contributed by atoms with Crippen molar-refractivity contribution in [1.29, 1.82) is 0 Å². The predicted octanol–water partition coefficient (Wildman–Crippen LogP) is 4.14. The second-order valence-electron chi connectivity index (χ2n) is 4.39. The van der Waals surface area contributed by atoms with Gasteiger partial charge in [0.05, 0.1) is 17.1 Å². The van der Waals surface area contributed by atoms with Gasteiger partial charge >= 0.3 is 0 Å². The Labute approximate surface area is 141 Å². The van der Waals surface area contributed by atoms with E-state index in [0.717, 1.165) is 26.2 Å². The molecule has 1 atom stereocenters. The number of rotatable bonds is 7. The maximum Gasteiger partial charge on any atom is 0.169 e. The fourth-order valence-corrected chi connectivity index (χ4v) is 2.84. The van der Waals surface area contributed by atoms with Crippen LogP contribution in [0.15, 0.2) is 43.9 Å². The van der Waals surface area contributed by atoms with Crippen LogP contribution in [0.4, 0.5) is 0 Å². The normalized spacial score (nSPS) is 12.4. The summed E-state index contributed by atoms with van der Waals surface area (Å²) in [6, 6.07) is 9.81. The molecular weight excluding hydrogens is 402 g/mol. The molecule has 0 amide bonds. The summed E-state index contributed by atoms with van der Waals surface area (Å²) in [5.74, 6) is 1.65. The molecule has 0 saturated heterocycles. The molecule has 1 unspecified atom stereocenters. The van der Waals surface area contributed by atoms with Crippen molar-refractivity contribution < 1.29 is 13.9 Å².